The Kier molecular flexibility index (Phi) is 8.28. The summed E-state index contributed by atoms with van der Waals surface area (Å²) < 4.78 is 21.0. The first kappa shape index (κ1) is 24.4. The lowest BCUT2D eigenvalue weighted by Gasteiger charge is -2.09. The molecule has 2 aromatic carbocycles. The second-order valence-electron chi connectivity index (χ2n) is 7.31. The van der Waals surface area contributed by atoms with Crippen molar-refractivity contribution in [2.45, 2.75) is 12.8 Å². The molecule has 9 nitrogen and oxygen atoms in total. The molecule has 3 aromatic rings. The molecule has 0 aliphatic carbocycles. The number of aromatic amines is 1. The summed E-state index contributed by atoms with van der Waals surface area (Å²) in [5, 5.41) is 5.60. The average Bonchev–Trinajstić information content (AvgIpc) is 2.83. The Hall–Kier alpha value is -4.27. The van der Waals surface area contributed by atoms with E-state index >= 15 is 0 Å². The first-order valence-corrected chi connectivity index (χ1v) is 10.5. The minimum Gasteiger partial charge on any atom is -0.493 e. The van der Waals surface area contributed by atoms with Crippen molar-refractivity contribution in [3.8, 4) is 23.0 Å². The molecule has 34 heavy (non-hydrogen) atoms. The number of ether oxygens (including phenoxy) is 4. The number of carbonyl (C=O) groups excluding carboxylic acids is 2. The van der Waals surface area contributed by atoms with E-state index in [1.807, 2.05) is 0 Å². The molecule has 0 fully saturated rings. The Morgan fingerprint density at radius 2 is 1.06 bits per heavy atom. The van der Waals surface area contributed by atoms with Crippen molar-refractivity contribution in [2.24, 2.45) is 0 Å². The van der Waals surface area contributed by atoms with Crippen molar-refractivity contribution in [1.82, 2.24) is 0 Å². The number of methoxy groups -OCH3 is 4. The fourth-order valence-corrected chi connectivity index (χ4v) is 3.36. The molecule has 0 aliphatic heterocycles. The molecule has 0 spiro atoms. The summed E-state index contributed by atoms with van der Waals surface area (Å²) >= 11 is 0. The molecule has 2 amide bonds. The van der Waals surface area contributed by atoms with Crippen molar-refractivity contribution in [1.29, 1.82) is 0 Å². The van der Waals surface area contributed by atoms with Crippen LogP contribution in [0.4, 0.5) is 11.6 Å². The zero-order valence-electron chi connectivity index (χ0n) is 19.6. The highest BCUT2D eigenvalue weighted by atomic mass is 16.5. The third kappa shape index (κ3) is 6.38. The fourth-order valence-electron chi connectivity index (χ4n) is 3.36. The predicted molar refractivity (Wildman–Crippen MR) is 127 cm³/mol. The largest absolute Gasteiger partial charge is 0.493 e. The predicted octanol–water partition coefficient (Wildman–Crippen LogP) is 2.90. The molecule has 1 heterocycles. The van der Waals surface area contributed by atoms with Crippen LogP contribution in [0.3, 0.4) is 0 Å². The molecule has 0 saturated heterocycles. The molecule has 1 aromatic heterocycles. The lowest BCUT2D eigenvalue weighted by Crippen LogP contribution is -2.25. The molecule has 0 unspecified atom stereocenters. The average molecular weight is 467 g/mol. The Labute approximate surface area is 198 Å². The summed E-state index contributed by atoms with van der Waals surface area (Å²) in [6, 6.07) is 15.8. The molecule has 178 valence electrons. The van der Waals surface area contributed by atoms with Crippen LogP contribution < -0.4 is 34.6 Å². The van der Waals surface area contributed by atoms with Crippen molar-refractivity contribution in [2.75, 3.05) is 39.1 Å². The lowest BCUT2D eigenvalue weighted by molar-refractivity contribution is -0.343. The minimum atomic E-state index is -0.225. The maximum atomic E-state index is 12.5. The Bertz CT molecular complexity index is 1080. The zero-order chi connectivity index (χ0) is 24.5. The van der Waals surface area contributed by atoms with Gasteiger partial charge in [0.1, 0.15) is 0 Å². The smallest absolute Gasteiger partial charge is 0.284 e. The van der Waals surface area contributed by atoms with Gasteiger partial charge in [-0.25, -0.2) is 15.6 Å². The van der Waals surface area contributed by atoms with Crippen LogP contribution in [0.1, 0.15) is 11.1 Å². The van der Waals surface area contributed by atoms with Gasteiger partial charge in [-0.2, -0.15) is 0 Å². The van der Waals surface area contributed by atoms with Crippen LogP contribution in [0.5, 0.6) is 23.0 Å². The molecule has 0 bridgehead atoms. The van der Waals surface area contributed by atoms with E-state index in [1.165, 1.54) is 0 Å². The maximum Gasteiger partial charge on any atom is 0.284 e. The second-order valence-corrected chi connectivity index (χ2v) is 7.31. The molecular weight excluding hydrogens is 438 g/mol. The normalized spacial score (nSPS) is 10.2. The van der Waals surface area contributed by atoms with Crippen molar-refractivity contribution in [3.63, 3.8) is 0 Å². The Morgan fingerprint density at radius 1 is 0.647 bits per heavy atom. The number of carbonyl (C=O) groups is 2. The molecule has 3 N–H and O–H groups in total. The molecule has 0 aliphatic rings. The van der Waals surface area contributed by atoms with E-state index in [-0.39, 0.29) is 24.7 Å². The third-order valence-corrected chi connectivity index (χ3v) is 4.97. The SMILES string of the molecule is COc1ccc(CC(=O)Nc2cccc(NC(=O)Cc3ccc(OC)c(OC)c3)[nH+]2)cc1OC. The zero-order valence-corrected chi connectivity index (χ0v) is 19.6. The summed E-state index contributed by atoms with van der Waals surface area (Å²) in [5.41, 5.74) is 1.55. The van der Waals surface area contributed by atoms with Gasteiger partial charge in [0.2, 0.25) is 11.6 Å². The number of nitrogens with one attached hydrogen (secondary N) is 3. The van der Waals surface area contributed by atoms with Gasteiger partial charge in [-0.05, 0) is 41.5 Å². The van der Waals surface area contributed by atoms with E-state index in [1.54, 1.807) is 83.0 Å². The number of pyridine rings is 1. The van der Waals surface area contributed by atoms with E-state index in [9.17, 15) is 9.59 Å². The summed E-state index contributed by atoms with van der Waals surface area (Å²) in [7, 11) is 6.20. The summed E-state index contributed by atoms with van der Waals surface area (Å²) in [6.07, 6.45) is 0.286. The van der Waals surface area contributed by atoms with Gasteiger partial charge in [-0.3, -0.25) is 9.59 Å². The van der Waals surface area contributed by atoms with E-state index < -0.39 is 0 Å². The van der Waals surface area contributed by atoms with Crippen molar-refractivity contribution < 1.29 is 33.5 Å². The van der Waals surface area contributed by atoms with Crippen molar-refractivity contribution >= 4 is 23.5 Å². The number of rotatable bonds is 10. The molecule has 0 saturated carbocycles. The minimum absolute atomic E-state index is 0.143. The highest BCUT2D eigenvalue weighted by molar-refractivity contribution is 5.92. The topological polar surface area (TPSA) is 109 Å². The second kappa shape index (κ2) is 11.6. The van der Waals surface area contributed by atoms with Crippen LogP contribution in [0, 0.1) is 0 Å². The highest BCUT2D eigenvalue weighted by Gasteiger charge is 2.15. The lowest BCUT2D eigenvalue weighted by atomic mass is 10.1. The highest BCUT2D eigenvalue weighted by Crippen LogP contribution is 2.28. The molecule has 9 heteroatoms. The van der Waals surface area contributed by atoms with Crippen LogP contribution in [0.15, 0.2) is 54.6 Å². The molecule has 0 radical (unpaired) electrons. The molecular formula is C25H28N3O6+. The fraction of sp³-hybridized carbons (Fsp3) is 0.240. The Morgan fingerprint density at radius 3 is 1.44 bits per heavy atom. The number of H-pyrrole nitrogens is 1. The molecule has 0 atom stereocenters. The maximum absolute atomic E-state index is 12.5. The third-order valence-electron chi connectivity index (χ3n) is 4.97. The van der Waals surface area contributed by atoms with Gasteiger partial charge in [0.05, 0.1) is 41.3 Å². The number of benzene rings is 2. The summed E-state index contributed by atoms with van der Waals surface area (Å²) in [5.74, 6) is 2.75. The standard InChI is InChI=1S/C25H27N3O6/c1-31-18-10-8-16(12-20(18)33-3)14-24(29)27-22-6-5-7-23(26-22)28-25(30)15-17-9-11-19(32-2)21(13-17)34-4/h5-13H,14-15H2,1-4H3,(H2,26,27,28,29,30)/p+1. The van der Waals surface area contributed by atoms with Gasteiger partial charge < -0.3 is 18.9 Å². The quantitative estimate of drug-likeness (QED) is 0.476. The van der Waals surface area contributed by atoms with Gasteiger partial charge in [-0.15, -0.1) is 0 Å². The van der Waals surface area contributed by atoms with E-state index in [4.69, 9.17) is 18.9 Å². The van der Waals surface area contributed by atoms with Crippen LogP contribution >= 0.6 is 0 Å². The summed E-state index contributed by atoms with van der Waals surface area (Å²) in [4.78, 5) is 28.0. The first-order chi connectivity index (χ1) is 16.4. The number of aromatic nitrogens is 1. The van der Waals surface area contributed by atoms with Gasteiger partial charge in [0.15, 0.2) is 23.0 Å². The van der Waals surface area contributed by atoms with E-state index in [2.05, 4.69) is 15.6 Å². The van der Waals surface area contributed by atoms with Crippen molar-refractivity contribution in [3.05, 3.63) is 65.7 Å². The summed E-state index contributed by atoms with van der Waals surface area (Å²) in [6.45, 7) is 0. The number of hydrogen-bond acceptors (Lipinski definition) is 6. The molecule has 3 rings (SSSR count). The van der Waals surface area contributed by atoms with Crippen LogP contribution in [-0.2, 0) is 22.4 Å². The van der Waals surface area contributed by atoms with E-state index in [0.29, 0.717) is 34.6 Å². The number of anilines is 2. The van der Waals surface area contributed by atoms with Gasteiger partial charge in [0.25, 0.3) is 11.8 Å². The van der Waals surface area contributed by atoms with Gasteiger partial charge >= 0.3 is 0 Å². The number of hydrogen-bond donors (Lipinski definition) is 2. The number of amides is 2. The van der Waals surface area contributed by atoms with Crippen LogP contribution in [0.2, 0.25) is 0 Å². The van der Waals surface area contributed by atoms with Gasteiger partial charge in [-0.1, -0.05) is 12.1 Å². The Balaban J connectivity index is 1.60. The van der Waals surface area contributed by atoms with Crippen LogP contribution in [0.25, 0.3) is 0 Å². The van der Waals surface area contributed by atoms with E-state index in [0.717, 1.165) is 11.1 Å². The first-order valence-electron chi connectivity index (χ1n) is 10.5. The van der Waals surface area contributed by atoms with Gasteiger partial charge in [0, 0.05) is 12.1 Å². The monoisotopic (exact) mass is 466 g/mol. The van der Waals surface area contributed by atoms with Crippen LogP contribution in [-0.4, -0.2) is 40.3 Å².